The van der Waals surface area contributed by atoms with Crippen LogP contribution in [0.4, 0.5) is 4.79 Å². The zero-order valence-electron chi connectivity index (χ0n) is 23.2. The Balaban J connectivity index is 1.64. The van der Waals surface area contributed by atoms with Crippen molar-refractivity contribution in [1.29, 1.82) is 0 Å². The third-order valence-corrected chi connectivity index (χ3v) is 7.18. The fourth-order valence-corrected chi connectivity index (χ4v) is 5.10. The molecule has 2 atom stereocenters. The molecule has 1 saturated carbocycles. The van der Waals surface area contributed by atoms with E-state index >= 15 is 0 Å². The standard InChI is InChI=1S/C29H43N3O7/c1-3-17-39-29(36)31-24(19-21-10-6-5-7-11-21)27(34)30-23(28(35)37-4-2)14-15-26(33)32-16-18-38-25-13-9-8-12-22(25)20-32/h8-9,12-13,21,23-24H,3-7,10-11,14-20H2,1-2H3,(H,30,34)(H,31,36)/t23-,24-/m0/s1. The topological polar surface area (TPSA) is 123 Å². The molecule has 0 spiro atoms. The van der Waals surface area contributed by atoms with E-state index in [0.717, 1.165) is 37.0 Å². The van der Waals surface area contributed by atoms with Gasteiger partial charge in [0, 0.05) is 18.5 Å². The van der Waals surface area contributed by atoms with Crippen LogP contribution in [-0.2, 0) is 30.4 Å². The predicted molar refractivity (Wildman–Crippen MR) is 145 cm³/mol. The van der Waals surface area contributed by atoms with E-state index in [9.17, 15) is 19.2 Å². The minimum Gasteiger partial charge on any atom is -0.491 e. The van der Waals surface area contributed by atoms with E-state index in [4.69, 9.17) is 14.2 Å². The van der Waals surface area contributed by atoms with Gasteiger partial charge in [0.05, 0.1) is 19.8 Å². The third-order valence-electron chi connectivity index (χ3n) is 7.18. The second-order valence-electron chi connectivity index (χ2n) is 10.2. The van der Waals surface area contributed by atoms with Crippen LogP contribution in [0.5, 0.6) is 5.75 Å². The first-order chi connectivity index (χ1) is 18.9. The molecule has 39 heavy (non-hydrogen) atoms. The number of nitrogens with zero attached hydrogens (tertiary/aromatic N) is 1. The normalized spacial score (nSPS) is 17.0. The second kappa shape index (κ2) is 16.0. The largest absolute Gasteiger partial charge is 0.491 e. The van der Waals surface area contributed by atoms with Crippen molar-refractivity contribution < 1.29 is 33.4 Å². The second-order valence-corrected chi connectivity index (χ2v) is 10.2. The van der Waals surface area contributed by atoms with E-state index < -0.39 is 30.1 Å². The van der Waals surface area contributed by atoms with Crippen LogP contribution in [0, 0.1) is 5.92 Å². The van der Waals surface area contributed by atoms with Gasteiger partial charge in [0.25, 0.3) is 0 Å². The number of carbonyl (C=O) groups excluding carboxylic acids is 4. The van der Waals surface area contributed by atoms with Gasteiger partial charge in [-0.3, -0.25) is 9.59 Å². The lowest BCUT2D eigenvalue weighted by Gasteiger charge is -2.28. The zero-order chi connectivity index (χ0) is 28.0. The molecule has 0 aromatic heterocycles. The first-order valence-corrected chi connectivity index (χ1v) is 14.3. The molecule has 0 bridgehead atoms. The van der Waals surface area contributed by atoms with Crippen LogP contribution >= 0.6 is 0 Å². The summed E-state index contributed by atoms with van der Waals surface area (Å²) in [5.41, 5.74) is 0.921. The molecule has 0 unspecified atom stereocenters. The van der Waals surface area contributed by atoms with Crippen molar-refractivity contribution in [3.8, 4) is 5.75 Å². The number of esters is 1. The SMILES string of the molecule is CCCOC(=O)N[C@@H](CC1CCCCC1)C(=O)N[C@@H](CCC(=O)N1CCOc2ccccc2C1)C(=O)OCC. The fraction of sp³-hybridized carbons (Fsp3) is 0.655. The van der Waals surface area contributed by atoms with Crippen molar-refractivity contribution in [3.05, 3.63) is 29.8 Å². The minimum absolute atomic E-state index is 0.0468. The molecule has 1 aliphatic carbocycles. The summed E-state index contributed by atoms with van der Waals surface area (Å²) in [7, 11) is 0. The molecule has 1 heterocycles. The summed E-state index contributed by atoms with van der Waals surface area (Å²) in [6.45, 7) is 5.20. The number of hydrogen-bond donors (Lipinski definition) is 2. The molecule has 10 heteroatoms. The average molecular weight is 546 g/mol. The molecule has 3 rings (SSSR count). The lowest BCUT2D eigenvalue weighted by molar-refractivity contribution is -0.148. The Morgan fingerprint density at radius 2 is 1.79 bits per heavy atom. The third kappa shape index (κ3) is 9.75. The summed E-state index contributed by atoms with van der Waals surface area (Å²) < 4.78 is 16.1. The van der Waals surface area contributed by atoms with Crippen LogP contribution in [-0.4, -0.2) is 67.2 Å². The number of nitrogens with one attached hydrogen (secondary N) is 2. The van der Waals surface area contributed by atoms with Crippen LogP contribution < -0.4 is 15.4 Å². The first kappa shape index (κ1) is 30.2. The van der Waals surface area contributed by atoms with Gasteiger partial charge in [-0.15, -0.1) is 0 Å². The number of carbonyl (C=O) groups is 4. The Morgan fingerprint density at radius 3 is 2.54 bits per heavy atom. The fourth-order valence-electron chi connectivity index (χ4n) is 5.10. The maximum Gasteiger partial charge on any atom is 0.407 e. The number of fused-ring (bicyclic) bond motifs is 1. The van der Waals surface area contributed by atoms with E-state index in [2.05, 4.69) is 10.6 Å². The number of benzene rings is 1. The highest BCUT2D eigenvalue weighted by Gasteiger charge is 2.31. The van der Waals surface area contributed by atoms with Crippen LogP contribution in [0.3, 0.4) is 0 Å². The number of para-hydroxylation sites is 1. The van der Waals surface area contributed by atoms with Gasteiger partial charge in [0.1, 0.15) is 24.4 Å². The van der Waals surface area contributed by atoms with Crippen molar-refractivity contribution in [3.63, 3.8) is 0 Å². The smallest absolute Gasteiger partial charge is 0.407 e. The van der Waals surface area contributed by atoms with Crippen LogP contribution in [0.2, 0.25) is 0 Å². The summed E-state index contributed by atoms with van der Waals surface area (Å²) in [4.78, 5) is 53.3. The quantitative estimate of drug-likeness (QED) is 0.384. The van der Waals surface area contributed by atoms with Gasteiger partial charge in [-0.1, -0.05) is 57.2 Å². The molecular weight excluding hydrogens is 502 g/mol. The Labute approximate surface area is 231 Å². The monoisotopic (exact) mass is 545 g/mol. The van der Waals surface area contributed by atoms with E-state index in [0.29, 0.717) is 38.5 Å². The molecule has 1 aromatic carbocycles. The van der Waals surface area contributed by atoms with E-state index in [1.54, 1.807) is 11.8 Å². The summed E-state index contributed by atoms with van der Waals surface area (Å²) in [5, 5.41) is 5.45. The summed E-state index contributed by atoms with van der Waals surface area (Å²) in [5.74, 6) is -0.154. The van der Waals surface area contributed by atoms with Crippen LogP contribution in [0.15, 0.2) is 24.3 Å². The molecule has 1 aliphatic heterocycles. The zero-order valence-corrected chi connectivity index (χ0v) is 23.2. The summed E-state index contributed by atoms with van der Waals surface area (Å²) >= 11 is 0. The van der Waals surface area contributed by atoms with Gasteiger partial charge in [0.15, 0.2) is 0 Å². The van der Waals surface area contributed by atoms with E-state index in [-0.39, 0.29) is 32.0 Å². The van der Waals surface area contributed by atoms with E-state index in [1.807, 2.05) is 31.2 Å². The van der Waals surface area contributed by atoms with Gasteiger partial charge in [-0.05, 0) is 38.2 Å². The van der Waals surface area contributed by atoms with Crippen LogP contribution in [0.1, 0.15) is 77.2 Å². The molecule has 3 amide bonds. The highest BCUT2D eigenvalue weighted by atomic mass is 16.5. The van der Waals surface area contributed by atoms with Gasteiger partial charge in [-0.25, -0.2) is 9.59 Å². The highest BCUT2D eigenvalue weighted by molar-refractivity contribution is 5.90. The maximum absolute atomic E-state index is 13.4. The Morgan fingerprint density at radius 1 is 1.03 bits per heavy atom. The van der Waals surface area contributed by atoms with Crippen molar-refractivity contribution in [1.82, 2.24) is 15.5 Å². The lowest BCUT2D eigenvalue weighted by Crippen LogP contribution is -2.53. The molecule has 2 aliphatic rings. The molecule has 216 valence electrons. The van der Waals surface area contributed by atoms with Crippen molar-refractivity contribution in [2.45, 2.75) is 90.3 Å². The molecule has 1 fully saturated rings. The van der Waals surface area contributed by atoms with Crippen molar-refractivity contribution >= 4 is 23.9 Å². The molecule has 10 nitrogen and oxygen atoms in total. The van der Waals surface area contributed by atoms with Gasteiger partial charge < -0.3 is 29.7 Å². The Hall–Kier alpha value is -3.30. The number of hydrogen-bond acceptors (Lipinski definition) is 7. The Kier molecular flexibility index (Phi) is 12.4. The molecule has 2 N–H and O–H groups in total. The maximum atomic E-state index is 13.4. The van der Waals surface area contributed by atoms with Crippen molar-refractivity contribution in [2.24, 2.45) is 5.92 Å². The van der Waals surface area contributed by atoms with Gasteiger partial charge in [0.2, 0.25) is 11.8 Å². The molecule has 0 saturated heterocycles. The summed E-state index contributed by atoms with van der Waals surface area (Å²) in [6, 6.07) is 5.74. The van der Waals surface area contributed by atoms with Crippen LogP contribution in [0.25, 0.3) is 0 Å². The average Bonchev–Trinajstić information content (AvgIpc) is 3.17. The molecular formula is C29H43N3O7. The number of ether oxygens (including phenoxy) is 3. The Bertz CT molecular complexity index is 964. The molecule has 1 aromatic rings. The van der Waals surface area contributed by atoms with Gasteiger partial charge >= 0.3 is 12.1 Å². The first-order valence-electron chi connectivity index (χ1n) is 14.3. The molecule has 0 radical (unpaired) electrons. The minimum atomic E-state index is -1.01. The number of rotatable bonds is 12. The van der Waals surface area contributed by atoms with Gasteiger partial charge in [-0.2, -0.15) is 0 Å². The number of amides is 3. The summed E-state index contributed by atoms with van der Waals surface area (Å²) in [6.07, 6.45) is 5.96. The number of alkyl carbamates (subject to hydrolysis) is 1. The predicted octanol–water partition coefficient (Wildman–Crippen LogP) is 3.71. The lowest BCUT2D eigenvalue weighted by atomic mass is 9.84. The highest BCUT2D eigenvalue weighted by Crippen LogP contribution is 2.28. The van der Waals surface area contributed by atoms with Crippen molar-refractivity contribution in [2.75, 3.05) is 26.4 Å². The van der Waals surface area contributed by atoms with E-state index in [1.165, 1.54) is 6.42 Å².